The molecule has 0 radical (unpaired) electrons. The Morgan fingerprint density at radius 3 is 2.74 bits per heavy atom. The summed E-state index contributed by atoms with van der Waals surface area (Å²) in [5.41, 5.74) is -0.457. The Kier molecular flexibility index (Phi) is 5.05. The van der Waals surface area contributed by atoms with Gasteiger partial charge in [-0.1, -0.05) is 0 Å². The Hall–Kier alpha value is -0.210. The molecule has 2 unspecified atom stereocenters. The molecule has 0 aromatic heterocycles. The lowest BCUT2D eigenvalue weighted by Crippen LogP contribution is -2.47. The van der Waals surface area contributed by atoms with E-state index in [2.05, 4.69) is 25.8 Å². The van der Waals surface area contributed by atoms with E-state index >= 15 is 0 Å². The SMILES string of the molecule is CC(C)N(C)CC1COC2(COCCN(S(=O)(=O)C3CC3)C2)C1. The van der Waals surface area contributed by atoms with Gasteiger partial charge in [0.15, 0.2) is 0 Å². The van der Waals surface area contributed by atoms with Crippen LogP contribution in [0.5, 0.6) is 0 Å². The topological polar surface area (TPSA) is 59.1 Å². The molecule has 1 saturated carbocycles. The van der Waals surface area contributed by atoms with Gasteiger partial charge in [-0.05, 0) is 46.1 Å². The van der Waals surface area contributed by atoms with Crippen LogP contribution in [0.4, 0.5) is 0 Å². The van der Waals surface area contributed by atoms with Crippen LogP contribution in [0, 0.1) is 5.92 Å². The zero-order chi connectivity index (χ0) is 16.7. The van der Waals surface area contributed by atoms with Crippen molar-refractivity contribution in [3.63, 3.8) is 0 Å². The van der Waals surface area contributed by atoms with Gasteiger partial charge in [-0.15, -0.1) is 0 Å². The van der Waals surface area contributed by atoms with Crippen molar-refractivity contribution in [2.24, 2.45) is 5.92 Å². The van der Waals surface area contributed by atoms with Crippen LogP contribution in [-0.2, 0) is 19.5 Å². The van der Waals surface area contributed by atoms with E-state index in [4.69, 9.17) is 9.47 Å². The average Bonchev–Trinajstić information content (AvgIpc) is 3.28. The molecule has 7 heteroatoms. The second-order valence-electron chi connectivity index (χ2n) is 7.73. The van der Waals surface area contributed by atoms with Gasteiger partial charge in [0.25, 0.3) is 0 Å². The molecule has 3 rings (SSSR count). The molecule has 2 atom stereocenters. The Labute approximate surface area is 140 Å². The minimum absolute atomic E-state index is 0.165. The Morgan fingerprint density at radius 2 is 2.09 bits per heavy atom. The number of rotatable bonds is 5. The molecule has 0 aromatic carbocycles. The molecule has 3 fully saturated rings. The summed E-state index contributed by atoms with van der Waals surface area (Å²) in [6.07, 6.45) is 2.48. The van der Waals surface area contributed by atoms with Crippen LogP contribution in [0.3, 0.4) is 0 Å². The van der Waals surface area contributed by atoms with Crippen LogP contribution in [-0.4, -0.2) is 81.0 Å². The van der Waals surface area contributed by atoms with Gasteiger partial charge in [0.1, 0.15) is 5.60 Å². The van der Waals surface area contributed by atoms with E-state index in [1.165, 1.54) is 0 Å². The van der Waals surface area contributed by atoms with Crippen LogP contribution in [0.25, 0.3) is 0 Å². The Morgan fingerprint density at radius 1 is 1.35 bits per heavy atom. The number of sulfonamides is 1. The molecule has 2 aliphatic heterocycles. The Bertz CT molecular complexity index is 520. The third-order valence-electron chi connectivity index (χ3n) is 5.33. The second kappa shape index (κ2) is 6.59. The van der Waals surface area contributed by atoms with Crippen LogP contribution in [0.15, 0.2) is 0 Å². The van der Waals surface area contributed by atoms with Crippen molar-refractivity contribution in [2.45, 2.75) is 50.0 Å². The van der Waals surface area contributed by atoms with Gasteiger partial charge in [0, 0.05) is 25.7 Å². The predicted molar refractivity (Wildman–Crippen MR) is 88.9 cm³/mol. The maximum atomic E-state index is 12.6. The van der Waals surface area contributed by atoms with E-state index in [9.17, 15) is 8.42 Å². The summed E-state index contributed by atoms with van der Waals surface area (Å²) >= 11 is 0. The predicted octanol–water partition coefficient (Wildman–Crippen LogP) is 0.926. The molecule has 1 spiro atoms. The van der Waals surface area contributed by atoms with E-state index in [0.29, 0.717) is 44.9 Å². The maximum absolute atomic E-state index is 12.6. The monoisotopic (exact) mass is 346 g/mol. The summed E-state index contributed by atoms with van der Waals surface area (Å²) in [5, 5.41) is -0.165. The highest BCUT2D eigenvalue weighted by atomic mass is 32.2. The summed E-state index contributed by atoms with van der Waals surface area (Å²) in [7, 11) is -1.04. The molecule has 134 valence electrons. The molecule has 0 aromatic rings. The fourth-order valence-electron chi connectivity index (χ4n) is 3.55. The van der Waals surface area contributed by atoms with Crippen molar-refractivity contribution in [3.05, 3.63) is 0 Å². The molecule has 0 amide bonds. The highest BCUT2D eigenvalue weighted by molar-refractivity contribution is 7.90. The van der Waals surface area contributed by atoms with Gasteiger partial charge in [0.2, 0.25) is 10.0 Å². The first-order valence-corrected chi connectivity index (χ1v) is 10.2. The van der Waals surface area contributed by atoms with Gasteiger partial charge < -0.3 is 14.4 Å². The molecule has 6 nitrogen and oxygen atoms in total. The number of ether oxygens (including phenoxy) is 2. The molecule has 2 heterocycles. The molecular weight excluding hydrogens is 316 g/mol. The van der Waals surface area contributed by atoms with E-state index in [1.54, 1.807) is 4.31 Å². The molecule has 1 aliphatic carbocycles. The highest BCUT2D eigenvalue weighted by Crippen LogP contribution is 2.37. The van der Waals surface area contributed by atoms with Crippen molar-refractivity contribution in [3.8, 4) is 0 Å². The van der Waals surface area contributed by atoms with Gasteiger partial charge in [-0.2, -0.15) is 4.31 Å². The summed E-state index contributed by atoms with van der Waals surface area (Å²) < 4.78 is 38.7. The van der Waals surface area contributed by atoms with Crippen molar-refractivity contribution in [2.75, 3.05) is 46.5 Å². The lowest BCUT2D eigenvalue weighted by molar-refractivity contribution is -0.0513. The number of hydrogen-bond donors (Lipinski definition) is 0. The highest BCUT2D eigenvalue weighted by Gasteiger charge is 2.48. The lowest BCUT2D eigenvalue weighted by atomic mass is 9.94. The number of hydrogen-bond acceptors (Lipinski definition) is 5. The van der Waals surface area contributed by atoms with Crippen LogP contribution in [0.1, 0.15) is 33.1 Å². The van der Waals surface area contributed by atoms with Gasteiger partial charge in [-0.3, -0.25) is 0 Å². The first-order chi connectivity index (χ1) is 10.8. The van der Waals surface area contributed by atoms with E-state index < -0.39 is 15.6 Å². The third kappa shape index (κ3) is 3.90. The first kappa shape index (κ1) is 17.6. The van der Waals surface area contributed by atoms with Crippen molar-refractivity contribution < 1.29 is 17.9 Å². The minimum Gasteiger partial charge on any atom is -0.377 e. The van der Waals surface area contributed by atoms with Crippen molar-refractivity contribution in [1.29, 1.82) is 0 Å². The van der Waals surface area contributed by atoms with Crippen molar-refractivity contribution in [1.82, 2.24) is 9.21 Å². The van der Waals surface area contributed by atoms with E-state index in [-0.39, 0.29) is 5.25 Å². The third-order valence-corrected chi connectivity index (χ3v) is 7.68. The van der Waals surface area contributed by atoms with E-state index in [0.717, 1.165) is 25.8 Å². The van der Waals surface area contributed by atoms with Crippen LogP contribution in [0.2, 0.25) is 0 Å². The molecule has 2 saturated heterocycles. The zero-order valence-corrected chi connectivity index (χ0v) is 15.3. The summed E-state index contributed by atoms with van der Waals surface area (Å²) in [6.45, 7) is 7.93. The van der Waals surface area contributed by atoms with Gasteiger partial charge in [-0.25, -0.2) is 8.42 Å². The molecule has 0 N–H and O–H groups in total. The average molecular weight is 346 g/mol. The zero-order valence-electron chi connectivity index (χ0n) is 14.5. The normalized spacial score (nSPS) is 33.7. The van der Waals surface area contributed by atoms with Crippen LogP contribution < -0.4 is 0 Å². The quantitative estimate of drug-likeness (QED) is 0.741. The lowest BCUT2D eigenvalue weighted by Gasteiger charge is -2.31. The molecular formula is C16H30N2O4S. The summed E-state index contributed by atoms with van der Waals surface area (Å²) in [6, 6.07) is 0.503. The fraction of sp³-hybridized carbons (Fsp3) is 1.00. The van der Waals surface area contributed by atoms with E-state index in [1.807, 2.05) is 0 Å². The van der Waals surface area contributed by atoms with Gasteiger partial charge in [0.05, 0.1) is 25.1 Å². The summed E-state index contributed by atoms with van der Waals surface area (Å²) in [5.74, 6) is 0.439. The second-order valence-corrected chi connectivity index (χ2v) is 9.94. The smallest absolute Gasteiger partial charge is 0.217 e. The van der Waals surface area contributed by atoms with Crippen molar-refractivity contribution >= 4 is 10.0 Å². The maximum Gasteiger partial charge on any atom is 0.217 e. The number of nitrogens with zero attached hydrogens (tertiary/aromatic N) is 2. The standard InChI is InChI=1S/C16H30N2O4S/c1-13(2)17(3)9-14-8-16(22-10-14)11-18(6-7-21-12-16)23(19,20)15-4-5-15/h13-15H,4-12H2,1-3H3. The summed E-state index contributed by atoms with van der Waals surface area (Å²) in [4.78, 5) is 2.32. The molecule has 23 heavy (non-hydrogen) atoms. The van der Waals surface area contributed by atoms with Crippen LogP contribution >= 0.6 is 0 Å². The fourth-order valence-corrected chi connectivity index (χ4v) is 5.45. The largest absolute Gasteiger partial charge is 0.377 e. The molecule has 0 bridgehead atoms. The minimum atomic E-state index is -3.17. The first-order valence-electron chi connectivity index (χ1n) is 8.73. The molecule has 3 aliphatic rings. The Balaban J connectivity index is 1.66. The van der Waals surface area contributed by atoms with Gasteiger partial charge >= 0.3 is 0 Å².